The van der Waals surface area contributed by atoms with Crippen LogP contribution in [0.25, 0.3) is 0 Å². The second kappa shape index (κ2) is 5.34. The number of benzene rings is 1. The first-order valence-electron chi connectivity index (χ1n) is 7.73. The third-order valence-corrected chi connectivity index (χ3v) is 4.69. The van der Waals surface area contributed by atoms with Gasteiger partial charge < -0.3 is 10.1 Å². The van der Waals surface area contributed by atoms with Gasteiger partial charge in [0.25, 0.3) is 0 Å². The maximum atomic E-state index is 12.4. The number of anilines is 1. The molecule has 1 heterocycles. The molecule has 4 heteroatoms. The third-order valence-electron chi connectivity index (χ3n) is 4.69. The number of ether oxygens (including phenoxy) is 1. The maximum Gasteiger partial charge on any atom is 0.332 e. The number of nitrogens with zero attached hydrogens (tertiary/aromatic N) is 1. The summed E-state index contributed by atoms with van der Waals surface area (Å²) in [6.07, 6.45) is 3.31. The largest absolute Gasteiger partial charge is 0.467 e. The van der Waals surface area contributed by atoms with Crippen molar-refractivity contribution in [2.45, 2.75) is 50.7 Å². The van der Waals surface area contributed by atoms with Gasteiger partial charge in [0.05, 0.1) is 7.11 Å². The minimum atomic E-state index is -0.619. The number of hydrogen-bond donors (Lipinski definition) is 1. The summed E-state index contributed by atoms with van der Waals surface area (Å²) in [5, 5.41) is 3.46. The number of nitrogens with one attached hydrogen (secondary N) is 1. The first kappa shape index (κ1) is 14.4. The van der Waals surface area contributed by atoms with Gasteiger partial charge in [-0.05, 0) is 45.2 Å². The van der Waals surface area contributed by atoms with Gasteiger partial charge >= 0.3 is 5.97 Å². The normalized spacial score (nSPS) is 29.4. The number of rotatable bonds is 4. The molecule has 1 aromatic rings. The van der Waals surface area contributed by atoms with E-state index >= 15 is 0 Å². The smallest absolute Gasteiger partial charge is 0.332 e. The molecule has 114 valence electrons. The number of esters is 1. The molecule has 1 saturated carbocycles. The topological polar surface area (TPSA) is 41.6 Å². The molecule has 3 rings (SSSR count). The molecule has 1 aromatic carbocycles. The summed E-state index contributed by atoms with van der Waals surface area (Å²) in [4.78, 5) is 14.9. The van der Waals surface area contributed by atoms with Gasteiger partial charge in [-0.15, -0.1) is 0 Å². The van der Waals surface area contributed by atoms with Crippen LogP contribution < -0.4 is 5.32 Å². The summed E-state index contributed by atoms with van der Waals surface area (Å²) in [5.74, 6) is -0.155. The molecule has 1 aliphatic heterocycles. The molecule has 21 heavy (non-hydrogen) atoms. The van der Waals surface area contributed by atoms with Crippen molar-refractivity contribution in [3.63, 3.8) is 0 Å². The highest BCUT2D eigenvalue weighted by Gasteiger charge is 2.52. The predicted octanol–water partition coefficient (Wildman–Crippen LogP) is 2.58. The molecular weight excluding hydrogens is 264 g/mol. The fourth-order valence-electron chi connectivity index (χ4n) is 3.45. The van der Waals surface area contributed by atoms with E-state index in [4.69, 9.17) is 4.74 Å². The average Bonchev–Trinajstić information content (AvgIpc) is 3.26. The van der Waals surface area contributed by atoms with Crippen molar-refractivity contribution in [1.29, 1.82) is 0 Å². The van der Waals surface area contributed by atoms with E-state index in [1.54, 1.807) is 0 Å². The summed E-state index contributed by atoms with van der Waals surface area (Å²) in [7, 11) is 1.48. The highest BCUT2D eigenvalue weighted by molar-refractivity contribution is 5.85. The second-order valence-corrected chi connectivity index (χ2v) is 6.52. The van der Waals surface area contributed by atoms with Gasteiger partial charge in [0, 0.05) is 24.3 Å². The quantitative estimate of drug-likeness (QED) is 0.865. The van der Waals surface area contributed by atoms with Crippen LogP contribution in [0.1, 0.15) is 31.7 Å². The van der Waals surface area contributed by atoms with Crippen LogP contribution in [0.2, 0.25) is 0 Å². The lowest BCUT2D eigenvalue weighted by molar-refractivity contribution is -0.145. The van der Waals surface area contributed by atoms with E-state index in [2.05, 4.69) is 36.2 Å². The monoisotopic (exact) mass is 288 g/mol. The van der Waals surface area contributed by atoms with Crippen molar-refractivity contribution >= 4 is 11.7 Å². The van der Waals surface area contributed by atoms with E-state index in [-0.39, 0.29) is 5.97 Å². The van der Waals surface area contributed by atoms with Gasteiger partial charge in [-0.3, -0.25) is 4.90 Å². The third kappa shape index (κ3) is 2.77. The molecule has 4 nitrogen and oxygen atoms in total. The number of carbonyl (C=O) groups is 1. The summed E-state index contributed by atoms with van der Waals surface area (Å²) in [6.45, 7) is 5.01. The summed E-state index contributed by atoms with van der Waals surface area (Å²) < 4.78 is 5.10. The van der Waals surface area contributed by atoms with E-state index in [0.717, 1.165) is 18.7 Å². The zero-order valence-electron chi connectivity index (χ0n) is 13.1. The molecule has 1 aliphatic carbocycles. The number of aryl methyl sites for hydroxylation is 1. The summed E-state index contributed by atoms with van der Waals surface area (Å²) in [6, 6.07) is 9.25. The van der Waals surface area contributed by atoms with E-state index in [9.17, 15) is 4.79 Å². The van der Waals surface area contributed by atoms with Gasteiger partial charge in [0.1, 0.15) is 5.54 Å². The lowest BCUT2D eigenvalue weighted by atomic mass is 9.95. The molecule has 0 spiro atoms. The van der Waals surface area contributed by atoms with Gasteiger partial charge in [-0.2, -0.15) is 0 Å². The van der Waals surface area contributed by atoms with Crippen LogP contribution in [0, 0.1) is 6.92 Å². The van der Waals surface area contributed by atoms with Crippen LogP contribution in [0.15, 0.2) is 24.3 Å². The van der Waals surface area contributed by atoms with E-state index in [1.807, 2.05) is 12.1 Å². The lowest BCUT2D eigenvalue weighted by Crippen LogP contribution is -2.49. The Morgan fingerprint density at radius 2 is 2.00 bits per heavy atom. The Bertz CT molecular complexity index is 524. The van der Waals surface area contributed by atoms with Gasteiger partial charge in [0.15, 0.2) is 0 Å². The highest BCUT2D eigenvalue weighted by atomic mass is 16.5. The molecule has 0 radical (unpaired) electrons. The fourth-order valence-corrected chi connectivity index (χ4v) is 3.45. The average molecular weight is 288 g/mol. The number of methoxy groups -OCH3 is 1. The van der Waals surface area contributed by atoms with Crippen LogP contribution in [0.4, 0.5) is 5.69 Å². The Hall–Kier alpha value is -1.55. The zero-order chi connectivity index (χ0) is 15.0. The van der Waals surface area contributed by atoms with Crippen molar-refractivity contribution in [1.82, 2.24) is 4.90 Å². The van der Waals surface area contributed by atoms with Crippen LogP contribution in [0.3, 0.4) is 0 Å². The molecule has 2 aliphatic rings. The van der Waals surface area contributed by atoms with Gasteiger partial charge in [0.2, 0.25) is 0 Å². The van der Waals surface area contributed by atoms with Crippen molar-refractivity contribution in [3.8, 4) is 0 Å². The first-order valence-corrected chi connectivity index (χ1v) is 7.73. The van der Waals surface area contributed by atoms with Crippen LogP contribution in [0.5, 0.6) is 0 Å². The molecule has 1 saturated heterocycles. The first-order chi connectivity index (χ1) is 10.0. The Balaban J connectivity index is 1.84. The van der Waals surface area contributed by atoms with E-state index < -0.39 is 5.54 Å². The maximum absolute atomic E-state index is 12.4. The molecule has 2 fully saturated rings. The summed E-state index contributed by atoms with van der Waals surface area (Å²) in [5.41, 5.74) is 1.58. The van der Waals surface area contributed by atoms with Crippen molar-refractivity contribution in [2.75, 3.05) is 19.0 Å². The molecule has 0 amide bonds. The van der Waals surface area contributed by atoms with Crippen LogP contribution >= 0.6 is 0 Å². The minimum absolute atomic E-state index is 0.155. The van der Waals surface area contributed by atoms with Gasteiger partial charge in [-0.1, -0.05) is 17.7 Å². The Kier molecular flexibility index (Phi) is 3.66. The molecule has 1 N–H and O–H groups in total. The highest BCUT2D eigenvalue weighted by Crippen LogP contribution is 2.39. The van der Waals surface area contributed by atoms with Crippen LogP contribution in [-0.4, -0.2) is 42.1 Å². The molecule has 2 atom stereocenters. The second-order valence-electron chi connectivity index (χ2n) is 6.52. The standard InChI is InChI=1S/C17H24N2O2/c1-12-4-6-14(7-5-12)18-17(16(20)21-3)10-13(2)19(11-17)15-8-9-15/h4-7,13,15,18H,8-11H2,1-3H3. The number of likely N-dealkylation sites (tertiary alicyclic amines) is 1. The number of hydrogen-bond acceptors (Lipinski definition) is 4. The SMILES string of the molecule is COC(=O)C1(Nc2ccc(C)cc2)CC(C)N(C2CC2)C1. The molecule has 0 bridgehead atoms. The van der Waals surface area contributed by atoms with E-state index in [0.29, 0.717) is 12.1 Å². The fraction of sp³-hybridized carbons (Fsp3) is 0.588. The van der Waals surface area contributed by atoms with E-state index in [1.165, 1.54) is 25.5 Å². The Labute approximate surface area is 126 Å². The van der Waals surface area contributed by atoms with Gasteiger partial charge in [-0.25, -0.2) is 4.79 Å². The van der Waals surface area contributed by atoms with Crippen molar-refractivity contribution < 1.29 is 9.53 Å². The molecule has 0 aromatic heterocycles. The zero-order valence-corrected chi connectivity index (χ0v) is 13.1. The molecular formula is C17H24N2O2. The van der Waals surface area contributed by atoms with Crippen molar-refractivity contribution in [3.05, 3.63) is 29.8 Å². The predicted molar refractivity (Wildman–Crippen MR) is 83.4 cm³/mol. The molecule has 2 unspecified atom stereocenters. The van der Waals surface area contributed by atoms with Crippen molar-refractivity contribution in [2.24, 2.45) is 0 Å². The number of carbonyl (C=O) groups excluding carboxylic acids is 1. The summed E-state index contributed by atoms with van der Waals surface area (Å²) >= 11 is 0. The Morgan fingerprint density at radius 3 is 2.57 bits per heavy atom. The van der Waals surface area contributed by atoms with Crippen LogP contribution in [-0.2, 0) is 9.53 Å². The minimum Gasteiger partial charge on any atom is -0.467 e. The lowest BCUT2D eigenvalue weighted by Gasteiger charge is -2.29. The Morgan fingerprint density at radius 1 is 1.33 bits per heavy atom.